The van der Waals surface area contributed by atoms with Crippen molar-refractivity contribution >= 4 is 18.1 Å². The smallest absolute Gasteiger partial charge is 0.407 e. The Morgan fingerprint density at radius 3 is 2.83 bits per heavy atom. The highest BCUT2D eigenvalue weighted by molar-refractivity contribution is 5.75. The van der Waals surface area contributed by atoms with Crippen LogP contribution < -0.4 is 5.32 Å². The first-order chi connectivity index (χ1) is 17.4. The highest BCUT2D eigenvalue weighted by Crippen LogP contribution is 2.53. The van der Waals surface area contributed by atoms with Crippen LogP contribution in [0.2, 0.25) is 0 Å². The van der Waals surface area contributed by atoms with Crippen LogP contribution >= 0.6 is 0 Å². The predicted molar refractivity (Wildman–Crippen MR) is 134 cm³/mol. The van der Waals surface area contributed by atoms with Crippen molar-refractivity contribution in [1.82, 2.24) is 10.3 Å². The Morgan fingerprint density at radius 1 is 1.22 bits per heavy atom. The first-order valence-electron chi connectivity index (χ1n) is 13.0. The Bertz CT molecular complexity index is 1130. The molecule has 0 bridgehead atoms. The number of halogens is 1. The lowest BCUT2D eigenvalue weighted by Gasteiger charge is -2.47. The number of nitrogens with zero attached hydrogens (tertiary/aromatic N) is 1. The molecule has 1 N–H and O–H groups in total. The van der Waals surface area contributed by atoms with Gasteiger partial charge in [-0.2, -0.15) is 0 Å². The Hall–Kier alpha value is -3.22. The molecule has 0 spiro atoms. The van der Waals surface area contributed by atoms with E-state index < -0.39 is 0 Å². The number of esters is 1. The maximum Gasteiger partial charge on any atom is 0.407 e. The Labute approximate surface area is 211 Å². The summed E-state index contributed by atoms with van der Waals surface area (Å²) in [4.78, 5) is 29.2. The normalized spacial score (nSPS) is 31.4. The van der Waals surface area contributed by atoms with Crippen LogP contribution in [0.25, 0.3) is 17.2 Å². The van der Waals surface area contributed by atoms with E-state index in [4.69, 9.17) is 9.47 Å². The van der Waals surface area contributed by atoms with Crippen LogP contribution in [0.1, 0.15) is 45.2 Å². The van der Waals surface area contributed by atoms with E-state index in [2.05, 4.69) is 16.4 Å². The van der Waals surface area contributed by atoms with Crippen LogP contribution in [0.4, 0.5) is 9.18 Å². The quantitative estimate of drug-likeness (QED) is 0.548. The van der Waals surface area contributed by atoms with Crippen molar-refractivity contribution in [2.45, 2.75) is 51.7 Å². The summed E-state index contributed by atoms with van der Waals surface area (Å²) in [6, 6.07) is 10.4. The largest absolute Gasteiger partial charge is 0.462 e. The molecular formula is C29H33FN2O4. The van der Waals surface area contributed by atoms with E-state index in [0.717, 1.165) is 42.5 Å². The second-order valence-electron chi connectivity index (χ2n) is 10.3. The molecule has 2 aromatic rings. The minimum Gasteiger partial charge on any atom is -0.462 e. The molecule has 190 valence electrons. The molecule has 3 aliphatic rings. The molecule has 0 radical (unpaired) electrons. The molecule has 0 unspecified atom stereocenters. The van der Waals surface area contributed by atoms with Gasteiger partial charge in [-0.15, -0.1) is 0 Å². The van der Waals surface area contributed by atoms with Gasteiger partial charge < -0.3 is 14.8 Å². The summed E-state index contributed by atoms with van der Waals surface area (Å²) in [7, 11) is 0. The second-order valence-corrected chi connectivity index (χ2v) is 10.3. The molecule has 3 fully saturated rings. The molecule has 7 atom stereocenters. The monoisotopic (exact) mass is 492 g/mol. The maximum absolute atomic E-state index is 13.6. The topological polar surface area (TPSA) is 77.5 Å². The minimum atomic E-state index is -0.368. The number of aromatic nitrogens is 1. The van der Waals surface area contributed by atoms with Gasteiger partial charge in [0.2, 0.25) is 0 Å². The van der Waals surface area contributed by atoms with Crippen molar-refractivity contribution in [3.05, 3.63) is 60.2 Å². The van der Waals surface area contributed by atoms with Crippen molar-refractivity contribution < 1.29 is 23.5 Å². The molecule has 6 nitrogen and oxygen atoms in total. The molecule has 2 aliphatic carbocycles. The van der Waals surface area contributed by atoms with Crippen LogP contribution in [0, 0.1) is 35.4 Å². The lowest BCUT2D eigenvalue weighted by atomic mass is 9.57. The van der Waals surface area contributed by atoms with Crippen LogP contribution in [0.15, 0.2) is 48.7 Å². The van der Waals surface area contributed by atoms with Gasteiger partial charge in [0.25, 0.3) is 0 Å². The summed E-state index contributed by atoms with van der Waals surface area (Å²) < 4.78 is 24.3. The number of alkyl carbamates (subject to hydrolysis) is 1. The van der Waals surface area contributed by atoms with Gasteiger partial charge in [0.15, 0.2) is 0 Å². The fourth-order valence-corrected chi connectivity index (χ4v) is 6.64. The van der Waals surface area contributed by atoms with Gasteiger partial charge >= 0.3 is 12.1 Å². The average molecular weight is 493 g/mol. The third-order valence-electron chi connectivity index (χ3n) is 8.18. The van der Waals surface area contributed by atoms with Gasteiger partial charge in [-0.1, -0.05) is 24.3 Å². The van der Waals surface area contributed by atoms with Gasteiger partial charge in [0, 0.05) is 23.7 Å². The van der Waals surface area contributed by atoms with Crippen LogP contribution in [0.5, 0.6) is 0 Å². The summed E-state index contributed by atoms with van der Waals surface area (Å²) in [5, 5.41) is 3.00. The molecule has 36 heavy (non-hydrogen) atoms. The fraction of sp³-hybridized carbons (Fsp3) is 0.483. The van der Waals surface area contributed by atoms with Gasteiger partial charge in [-0.05, 0) is 87.1 Å². The Balaban J connectivity index is 1.34. The van der Waals surface area contributed by atoms with Gasteiger partial charge in [-0.3, -0.25) is 9.78 Å². The predicted octanol–water partition coefficient (Wildman–Crippen LogP) is 5.63. The zero-order valence-electron chi connectivity index (χ0n) is 20.7. The molecule has 1 saturated heterocycles. The van der Waals surface area contributed by atoms with Crippen molar-refractivity contribution in [2.24, 2.45) is 29.6 Å². The third-order valence-corrected chi connectivity index (χ3v) is 8.18. The number of benzene rings is 1. The van der Waals surface area contributed by atoms with Gasteiger partial charge in [0.1, 0.15) is 11.9 Å². The Kier molecular flexibility index (Phi) is 7.08. The minimum absolute atomic E-state index is 0.0679. The number of cyclic esters (lactones) is 1. The van der Waals surface area contributed by atoms with Crippen LogP contribution in [-0.4, -0.2) is 35.8 Å². The molecule has 5 rings (SSSR count). The molecule has 7 heteroatoms. The summed E-state index contributed by atoms with van der Waals surface area (Å²) in [5.41, 5.74) is 2.48. The number of allylic oxidation sites excluding steroid dienone is 1. The number of nitrogens with one attached hydrogen (secondary N) is 1. The second kappa shape index (κ2) is 10.4. The number of carbonyl (C=O) groups is 2. The van der Waals surface area contributed by atoms with Gasteiger partial charge in [-0.25, -0.2) is 9.18 Å². The fourth-order valence-electron chi connectivity index (χ4n) is 6.64. The number of pyridine rings is 1. The lowest BCUT2D eigenvalue weighted by Crippen LogP contribution is -2.48. The number of carbonyl (C=O) groups excluding carboxylic acids is 2. The van der Waals surface area contributed by atoms with Crippen molar-refractivity contribution in [3.8, 4) is 11.1 Å². The molecule has 1 aromatic carbocycles. The number of fused-ring (bicyclic) bond motifs is 2. The number of hydrogen-bond acceptors (Lipinski definition) is 5. The van der Waals surface area contributed by atoms with E-state index in [0.29, 0.717) is 18.4 Å². The number of amides is 1. The van der Waals surface area contributed by atoms with E-state index in [1.54, 1.807) is 19.2 Å². The summed E-state index contributed by atoms with van der Waals surface area (Å²) in [6.07, 6.45) is 9.07. The maximum atomic E-state index is 13.6. The van der Waals surface area contributed by atoms with Crippen LogP contribution in [-0.2, 0) is 14.3 Å². The lowest BCUT2D eigenvalue weighted by molar-refractivity contribution is -0.144. The van der Waals surface area contributed by atoms with Crippen molar-refractivity contribution in [3.63, 3.8) is 0 Å². The number of ether oxygens (including phenoxy) is 2. The third kappa shape index (κ3) is 5.01. The van der Waals surface area contributed by atoms with Crippen molar-refractivity contribution in [2.75, 3.05) is 6.61 Å². The zero-order valence-corrected chi connectivity index (χ0v) is 20.7. The standard InChI is InChI=1S/C29H33FN2O4/c1-3-35-29(34)32-23-10-11-24-20(14-23)15-26-27(17(2)36-28(26)33)25(24)12-9-22-8-7-19(16-31-22)18-5-4-6-21(30)13-18/h4-9,12-13,16-17,20,23-27H,3,10-11,14-15H2,1-2H3,(H,32,34)/t17-,20+,23+,24-,25+,26-,27-/m0/s1. The zero-order chi connectivity index (χ0) is 25.2. The SMILES string of the molecule is CCOC(=O)N[C@@H]1CC[C@H]2[C@H](C1)C[C@@H]1C(=O)O[C@@H](C)[C@H]1[C@@H]2C=Cc1ccc(-c2cccc(F)c2)cn1. The van der Waals surface area contributed by atoms with E-state index in [1.807, 2.05) is 31.2 Å². The molecule has 1 aromatic heterocycles. The highest BCUT2D eigenvalue weighted by atomic mass is 19.1. The summed E-state index contributed by atoms with van der Waals surface area (Å²) in [5.74, 6) is 0.629. The number of rotatable bonds is 5. The van der Waals surface area contributed by atoms with E-state index in [1.165, 1.54) is 12.1 Å². The number of hydrogen-bond donors (Lipinski definition) is 1. The first kappa shape index (κ1) is 24.5. The molecule has 1 aliphatic heterocycles. The summed E-state index contributed by atoms with van der Waals surface area (Å²) >= 11 is 0. The first-order valence-corrected chi connectivity index (χ1v) is 13.0. The van der Waals surface area contributed by atoms with E-state index >= 15 is 0 Å². The molecule has 2 saturated carbocycles. The van der Waals surface area contributed by atoms with Crippen molar-refractivity contribution in [1.29, 1.82) is 0 Å². The van der Waals surface area contributed by atoms with E-state index in [-0.39, 0.29) is 47.8 Å². The van der Waals surface area contributed by atoms with E-state index in [9.17, 15) is 14.0 Å². The highest BCUT2D eigenvalue weighted by Gasteiger charge is 2.54. The molecule has 2 heterocycles. The molecular weight excluding hydrogens is 459 g/mol. The van der Waals surface area contributed by atoms with Crippen LogP contribution in [0.3, 0.4) is 0 Å². The molecule has 1 amide bonds. The summed E-state index contributed by atoms with van der Waals surface area (Å²) in [6.45, 7) is 4.15. The van der Waals surface area contributed by atoms with Gasteiger partial charge in [0.05, 0.1) is 18.2 Å². The average Bonchev–Trinajstić information content (AvgIpc) is 3.15. The Morgan fingerprint density at radius 2 is 2.08 bits per heavy atom.